The normalized spacial score (nSPS) is 21.8. The first-order valence-electron chi connectivity index (χ1n) is 5.53. The highest BCUT2D eigenvalue weighted by Gasteiger charge is 2.28. The van der Waals surface area contributed by atoms with E-state index in [-0.39, 0.29) is 11.4 Å². The minimum absolute atomic E-state index is 0.0413. The first kappa shape index (κ1) is 11.3. The molecule has 0 saturated heterocycles. The van der Waals surface area contributed by atoms with Crippen LogP contribution in [-0.4, -0.2) is 11.4 Å². The van der Waals surface area contributed by atoms with Crippen LogP contribution < -0.4 is 5.32 Å². The molecule has 1 fully saturated rings. The van der Waals surface area contributed by atoms with Gasteiger partial charge in [-0.25, -0.2) is 0 Å². The molecule has 0 aromatic heterocycles. The molecule has 1 amide bonds. The van der Waals surface area contributed by atoms with E-state index in [0.717, 1.165) is 18.4 Å². The molecule has 1 N–H and O–H groups in total. The number of allylic oxidation sites excluding steroid dienone is 1. The molecule has 2 nitrogen and oxygen atoms in total. The lowest BCUT2D eigenvalue weighted by atomic mass is 9.83. The lowest BCUT2D eigenvalue weighted by Crippen LogP contribution is -2.47. The number of hydrogen-bond acceptors (Lipinski definition) is 1. The molecule has 14 heavy (non-hydrogen) atoms. The van der Waals surface area contributed by atoms with E-state index in [4.69, 9.17) is 0 Å². The average Bonchev–Trinajstić information content (AvgIpc) is 2.17. The van der Waals surface area contributed by atoms with Gasteiger partial charge in [-0.15, -0.1) is 0 Å². The van der Waals surface area contributed by atoms with Gasteiger partial charge < -0.3 is 5.32 Å². The van der Waals surface area contributed by atoms with Gasteiger partial charge in [0.1, 0.15) is 0 Å². The van der Waals surface area contributed by atoms with Gasteiger partial charge in [0.05, 0.1) is 0 Å². The quantitative estimate of drug-likeness (QED) is 0.674. The van der Waals surface area contributed by atoms with Crippen LogP contribution in [0, 0.1) is 0 Å². The van der Waals surface area contributed by atoms with E-state index in [0.29, 0.717) is 0 Å². The Kier molecular flexibility index (Phi) is 3.73. The third-order valence-electron chi connectivity index (χ3n) is 3.16. The molecule has 0 unspecified atom stereocenters. The summed E-state index contributed by atoms with van der Waals surface area (Å²) in [6, 6.07) is 0. The first-order valence-corrected chi connectivity index (χ1v) is 5.53. The molecule has 0 aromatic rings. The van der Waals surface area contributed by atoms with Crippen LogP contribution >= 0.6 is 0 Å². The average molecular weight is 195 g/mol. The SMILES string of the molecule is C/C=C(\C)C(=O)NC1(C)CCCCC1. The summed E-state index contributed by atoms with van der Waals surface area (Å²) >= 11 is 0. The fourth-order valence-electron chi connectivity index (χ4n) is 1.96. The van der Waals surface area contributed by atoms with Crippen LogP contribution in [0.15, 0.2) is 11.6 Å². The zero-order chi connectivity index (χ0) is 10.6. The highest BCUT2D eigenvalue weighted by atomic mass is 16.1. The summed E-state index contributed by atoms with van der Waals surface area (Å²) in [5.74, 6) is 0.0944. The molecule has 0 spiro atoms. The molecule has 2 heteroatoms. The highest BCUT2D eigenvalue weighted by Crippen LogP contribution is 2.27. The van der Waals surface area contributed by atoms with Gasteiger partial charge in [0.25, 0.3) is 0 Å². The molecular weight excluding hydrogens is 174 g/mol. The van der Waals surface area contributed by atoms with Crippen molar-refractivity contribution in [1.82, 2.24) is 5.32 Å². The maximum absolute atomic E-state index is 11.7. The van der Waals surface area contributed by atoms with E-state index in [2.05, 4.69) is 12.2 Å². The van der Waals surface area contributed by atoms with Crippen LogP contribution in [0.3, 0.4) is 0 Å². The van der Waals surface area contributed by atoms with Gasteiger partial charge in [-0.2, -0.15) is 0 Å². The van der Waals surface area contributed by atoms with Gasteiger partial charge >= 0.3 is 0 Å². The second-order valence-electron chi connectivity index (χ2n) is 4.55. The topological polar surface area (TPSA) is 29.1 Å². The Labute approximate surface area is 86.8 Å². The summed E-state index contributed by atoms with van der Waals surface area (Å²) in [6.07, 6.45) is 7.90. The number of carbonyl (C=O) groups excluding carboxylic acids is 1. The monoisotopic (exact) mass is 195 g/mol. The van der Waals surface area contributed by atoms with Crippen LogP contribution in [0.2, 0.25) is 0 Å². The Morgan fingerprint density at radius 2 is 1.86 bits per heavy atom. The third kappa shape index (κ3) is 2.86. The smallest absolute Gasteiger partial charge is 0.246 e. The second kappa shape index (κ2) is 4.63. The van der Waals surface area contributed by atoms with Crippen LogP contribution in [0.25, 0.3) is 0 Å². The Balaban J connectivity index is 2.53. The number of carbonyl (C=O) groups is 1. The van der Waals surface area contributed by atoms with Gasteiger partial charge in [0, 0.05) is 11.1 Å². The minimum atomic E-state index is 0.0413. The van der Waals surface area contributed by atoms with Gasteiger partial charge in [0.2, 0.25) is 5.91 Å². The van der Waals surface area contributed by atoms with Crippen molar-refractivity contribution >= 4 is 5.91 Å². The Morgan fingerprint density at radius 3 is 2.36 bits per heavy atom. The van der Waals surface area contributed by atoms with Gasteiger partial charge in [-0.3, -0.25) is 4.79 Å². The number of nitrogens with one attached hydrogen (secondary N) is 1. The zero-order valence-corrected chi connectivity index (χ0v) is 9.52. The molecule has 0 radical (unpaired) electrons. The van der Waals surface area contributed by atoms with Crippen molar-refractivity contribution in [3.05, 3.63) is 11.6 Å². The predicted molar refractivity (Wildman–Crippen MR) is 59.1 cm³/mol. The maximum atomic E-state index is 11.7. The van der Waals surface area contributed by atoms with Crippen LogP contribution in [0.4, 0.5) is 0 Å². The van der Waals surface area contributed by atoms with Crippen LogP contribution in [0.1, 0.15) is 52.9 Å². The molecule has 0 aliphatic heterocycles. The lowest BCUT2D eigenvalue weighted by Gasteiger charge is -2.34. The van der Waals surface area contributed by atoms with Crippen molar-refractivity contribution in [2.24, 2.45) is 0 Å². The fraction of sp³-hybridized carbons (Fsp3) is 0.750. The van der Waals surface area contributed by atoms with E-state index in [1.807, 2.05) is 19.9 Å². The van der Waals surface area contributed by atoms with Crippen LogP contribution in [-0.2, 0) is 4.79 Å². The summed E-state index contributed by atoms with van der Waals surface area (Å²) in [5.41, 5.74) is 0.858. The first-order chi connectivity index (χ1) is 6.57. The molecule has 0 heterocycles. The molecule has 1 aliphatic rings. The minimum Gasteiger partial charge on any atom is -0.347 e. The molecule has 0 aromatic carbocycles. The van der Waals surface area contributed by atoms with Gasteiger partial charge in [0.15, 0.2) is 0 Å². The molecule has 0 bridgehead atoms. The van der Waals surface area contributed by atoms with Crippen molar-refractivity contribution in [3.63, 3.8) is 0 Å². The Bertz CT molecular complexity index is 237. The van der Waals surface area contributed by atoms with Crippen LogP contribution in [0.5, 0.6) is 0 Å². The summed E-state index contributed by atoms with van der Waals surface area (Å²) in [6.45, 7) is 5.92. The molecule has 0 atom stereocenters. The highest BCUT2D eigenvalue weighted by molar-refractivity contribution is 5.93. The number of hydrogen-bond donors (Lipinski definition) is 1. The molecule has 1 aliphatic carbocycles. The summed E-state index contributed by atoms with van der Waals surface area (Å²) in [4.78, 5) is 11.7. The van der Waals surface area contributed by atoms with Crippen molar-refractivity contribution in [3.8, 4) is 0 Å². The molecule has 1 rings (SSSR count). The standard InChI is InChI=1S/C12H21NO/c1-4-10(2)11(14)13-12(3)8-6-5-7-9-12/h4H,5-9H2,1-3H3,(H,13,14)/b10-4+. The Hall–Kier alpha value is -0.790. The van der Waals surface area contributed by atoms with Crippen molar-refractivity contribution < 1.29 is 4.79 Å². The van der Waals surface area contributed by atoms with Crippen molar-refractivity contribution in [2.75, 3.05) is 0 Å². The fourth-order valence-corrected chi connectivity index (χ4v) is 1.96. The molecular formula is C12H21NO. The van der Waals surface area contributed by atoms with E-state index >= 15 is 0 Å². The molecule has 80 valence electrons. The van der Waals surface area contributed by atoms with E-state index < -0.39 is 0 Å². The van der Waals surface area contributed by atoms with E-state index in [1.54, 1.807) is 0 Å². The lowest BCUT2D eigenvalue weighted by molar-refractivity contribution is -0.119. The second-order valence-corrected chi connectivity index (χ2v) is 4.55. The largest absolute Gasteiger partial charge is 0.347 e. The summed E-state index contributed by atoms with van der Waals surface area (Å²) < 4.78 is 0. The number of amides is 1. The third-order valence-corrected chi connectivity index (χ3v) is 3.16. The molecule has 1 saturated carbocycles. The van der Waals surface area contributed by atoms with E-state index in [1.165, 1.54) is 19.3 Å². The summed E-state index contributed by atoms with van der Waals surface area (Å²) in [7, 11) is 0. The van der Waals surface area contributed by atoms with Crippen molar-refractivity contribution in [2.45, 2.75) is 58.4 Å². The number of rotatable bonds is 2. The van der Waals surface area contributed by atoms with E-state index in [9.17, 15) is 4.79 Å². The predicted octanol–water partition coefficient (Wildman–Crippen LogP) is 2.79. The van der Waals surface area contributed by atoms with Crippen molar-refractivity contribution in [1.29, 1.82) is 0 Å². The van der Waals surface area contributed by atoms with Gasteiger partial charge in [-0.1, -0.05) is 25.3 Å². The summed E-state index contributed by atoms with van der Waals surface area (Å²) in [5, 5.41) is 3.14. The zero-order valence-electron chi connectivity index (χ0n) is 9.52. The Morgan fingerprint density at radius 1 is 1.29 bits per heavy atom. The maximum Gasteiger partial charge on any atom is 0.246 e. The van der Waals surface area contributed by atoms with Gasteiger partial charge in [-0.05, 0) is 33.6 Å².